The zero-order valence-electron chi connectivity index (χ0n) is 15.5. The number of carboxylic acids is 1. The lowest BCUT2D eigenvalue weighted by Crippen LogP contribution is -2.40. The fraction of sp³-hybridized carbons (Fsp3) is 0.333. The first-order chi connectivity index (χ1) is 12.4. The van der Waals surface area contributed by atoms with E-state index in [1.54, 1.807) is 20.8 Å². The van der Waals surface area contributed by atoms with Crippen LogP contribution in [0, 0.1) is 6.92 Å². The molecule has 0 fully saturated rings. The first-order valence-electron chi connectivity index (χ1n) is 8.14. The summed E-state index contributed by atoms with van der Waals surface area (Å²) >= 11 is 0. The summed E-state index contributed by atoms with van der Waals surface area (Å²) in [6, 6.07) is 6.86. The number of carboxylic acid groups (broad SMARTS) is 1. The quantitative estimate of drug-likeness (QED) is 0.690. The number of aromatic carboxylic acids is 1. The topological polar surface area (TPSA) is 126 Å². The summed E-state index contributed by atoms with van der Waals surface area (Å²) in [5.74, 6) is -0.970. The highest BCUT2D eigenvalue weighted by Gasteiger charge is 2.22. The summed E-state index contributed by atoms with van der Waals surface area (Å²) in [7, 11) is -3.68. The zero-order chi connectivity index (χ0) is 20.4. The van der Waals surface area contributed by atoms with Gasteiger partial charge in [0.05, 0.1) is 11.4 Å². The number of sulfonamides is 1. The number of nitrogens with one attached hydrogen (secondary N) is 2. The molecule has 9 heteroatoms. The molecule has 0 spiro atoms. The minimum atomic E-state index is -3.68. The summed E-state index contributed by atoms with van der Waals surface area (Å²) in [6.45, 7) is 6.74. The van der Waals surface area contributed by atoms with Gasteiger partial charge in [-0.25, -0.2) is 17.9 Å². The van der Waals surface area contributed by atoms with Gasteiger partial charge in [-0.15, -0.1) is 0 Å². The van der Waals surface area contributed by atoms with E-state index in [4.69, 9.17) is 9.52 Å². The van der Waals surface area contributed by atoms with E-state index in [-0.39, 0.29) is 28.3 Å². The van der Waals surface area contributed by atoms with Crippen LogP contribution in [0.2, 0.25) is 0 Å². The monoisotopic (exact) mass is 394 g/mol. The summed E-state index contributed by atoms with van der Waals surface area (Å²) in [5, 5.41) is 11.6. The molecule has 0 radical (unpaired) electrons. The van der Waals surface area contributed by atoms with Gasteiger partial charge < -0.3 is 14.8 Å². The molecule has 27 heavy (non-hydrogen) atoms. The SMILES string of the molecule is Cc1oc(CNC(=O)c2ccc(S(=O)(=O)NC(C)(C)C)cc2)cc1C(=O)O. The van der Waals surface area contributed by atoms with E-state index in [0.29, 0.717) is 5.76 Å². The van der Waals surface area contributed by atoms with Crippen molar-refractivity contribution in [1.29, 1.82) is 0 Å². The third kappa shape index (κ3) is 5.41. The van der Waals surface area contributed by atoms with Crippen molar-refractivity contribution in [3.8, 4) is 0 Å². The molecular formula is C18H22N2O6S. The average molecular weight is 394 g/mol. The van der Waals surface area contributed by atoms with Crippen molar-refractivity contribution in [3.05, 3.63) is 53.0 Å². The Balaban J connectivity index is 2.05. The molecule has 0 aliphatic rings. The molecule has 0 aliphatic carbocycles. The Morgan fingerprint density at radius 2 is 1.74 bits per heavy atom. The molecule has 0 unspecified atom stereocenters. The predicted octanol–water partition coefficient (Wildman–Crippen LogP) is 2.29. The molecule has 2 rings (SSSR count). The van der Waals surface area contributed by atoms with E-state index in [1.807, 2.05) is 0 Å². The van der Waals surface area contributed by atoms with Gasteiger partial charge in [0.25, 0.3) is 5.91 Å². The van der Waals surface area contributed by atoms with Gasteiger partial charge in [0.1, 0.15) is 17.1 Å². The fourth-order valence-corrected chi connectivity index (χ4v) is 3.78. The standard InChI is InChI=1S/C18H22N2O6S/c1-11-15(17(22)23)9-13(26-11)10-19-16(21)12-5-7-14(8-6-12)27(24,25)20-18(2,3)4/h5-9,20H,10H2,1-4H3,(H,19,21)(H,22,23). The van der Waals surface area contributed by atoms with Gasteiger partial charge in [-0.3, -0.25) is 4.79 Å². The first kappa shape index (κ1) is 20.7. The van der Waals surface area contributed by atoms with Crippen molar-refractivity contribution in [1.82, 2.24) is 10.0 Å². The largest absolute Gasteiger partial charge is 0.478 e. The van der Waals surface area contributed by atoms with Crippen LogP contribution in [0.1, 0.15) is 53.0 Å². The minimum Gasteiger partial charge on any atom is -0.478 e. The molecule has 0 saturated heterocycles. The number of aryl methyl sites for hydroxylation is 1. The molecule has 146 valence electrons. The second-order valence-electron chi connectivity index (χ2n) is 7.05. The molecule has 0 bridgehead atoms. The van der Waals surface area contributed by atoms with Gasteiger partial charge >= 0.3 is 5.97 Å². The van der Waals surface area contributed by atoms with Crippen LogP contribution >= 0.6 is 0 Å². The van der Waals surface area contributed by atoms with Gasteiger partial charge in [-0.1, -0.05) is 0 Å². The summed E-state index contributed by atoms with van der Waals surface area (Å²) in [4.78, 5) is 23.2. The Morgan fingerprint density at radius 1 is 1.15 bits per heavy atom. The highest BCUT2D eigenvalue weighted by atomic mass is 32.2. The summed E-state index contributed by atoms with van der Waals surface area (Å²) in [5.41, 5.74) is -0.309. The van der Waals surface area contributed by atoms with Gasteiger partial charge in [0.15, 0.2) is 0 Å². The number of hydrogen-bond donors (Lipinski definition) is 3. The van der Waals surface area contributed by atoms with Crippen molar-refractivity contribution in [2.75, 3.05) is 0 Å². The van der Waals surface area contributed by atoms with Crippen LogP contribution < -0.4 is 10.0 Å². The molecule has 2 aromatic rings. The van der Waals surface area contributed by atoms with Crippen molar-refractivity contribution in [2.24, 2.45) is 0 Å². The number of benzene rings is 1. The maximum absolute atomic E-state index is 12.3. The second-order valence-corrected chi connectivity index (χ2v) is 8.73. The zero-order valence-corrected chi connectivity index (χ0v) is 16.3. The molecule has 0 aliphatic heterocycles. The first-order valence-corrected chi connectivity index (χ1v) is 9.62. The van der Waals surface area contributed by atoms with Gasteiger partial charge in [0, 0.05) is 11.1 Å². The third-order valence-corrected chi connectivity index (χ3v) is 5.26. The van der Waals surface area contributed by atoms with Crippen LogP contribution in [0.15, 0.2) is 39.6 Å². The molecule has 1 aromatic carbocycles. The minimum absolute atomic E-state index is 0.0125. The van der Waals surface area contributed by atoms with Crippen molar-refractivity contribution in [2.45, 2.75) is 44.7 Å². The number of rotatable bonds is 6. The third-order valence-electron chi connectivity index (χ3n) is 3.49. The van der Waals surface area contributed by atoms with Crippen molar-refractivity contribution >= 4 is 21.9 Å². The van der Waals surface area contributed by atoms with Crippen LogP contribution in [-0.2, 0) is 16.6 Å². The van der Waals surface area contributed by atoms with Crippen LogP contribution in [0.5, 0.6) is 0 Å². The van der Waals surface area contributed by atoms with Crippen LogP contribution in [0.3, 0.4) is 0 Å². The predicted molar refractivity (Wildman–Crippen MR) is 98.1 cm³/mol. The van der Waals surface area contributed by atoms with Gasteiger partial charge in [0.2, 0.25) is 10.0 Å². The lowest BCUT2D eigenvalue weighted by molar-refractivity contribution is 0.0694. The van der Waals surface area contributed by atoms with Crippen LogP contribution in [0.25, 0.3) is 0 Å². The van der Waals surface area contributed by atoms with Gasteiger partial charge in [-0.2, -0.15) is 0 Å². The fourth-order valence-electron chi connectivity index (χ4n) is 2.36. The molecule has 0 saturated carbocycles. The highest BCUT2D eigenvalue weighted by molar-refractivity contribution is 7.89. The Morgan fingerprint density at radius 3 is 2.22 bits per heavy atom. The summed E-state index contributed by atoms with van der Waals surface area (Å²) in [6.07, 6.45) is 0. The lowest BCUT2D eigenvalue weighted by Gasteiger charge is -2.20. The van der Waals surface area contributed by atoms with E-state index in [9.17, 15) is 18.0 Å². The Kier molecular flexibility index (Phi) is 5.76. The highest BCUT2D eigenvalue weighted by Crippen LogP contribution is 2.16. The number of furan rings is 1. The Labute approximate surface area is 157 Å². The van der Waals surface area contributed by atoms with E-state index >= 15 is 0 Å². The molecular weight excluding hydrogens is 372 g/mol. The number of amides is 1. The lowest BCUT2D eigenvalue weighted by atomic mass is 10.1. The summed E-state index contributed by atoms with van der Waals surface area (Å²) < 4.78 is 32.3. The normalized spacial score (nSPS) is 12.0. The van der Waals surface area contributed by atoms with E-state index < -0.39 is 27.4 Å². The number of carbonyl (C=O) groups excluding carboxylic acids is 1. The van der Waals surface area contributed by atoms with E-state index in [2.05, 4.69) is 10.0 Å². The number of carbonyl (C=O) groups is 2. The molecule has 1 aromatic heterocycles. The maximum Gasteiger partial charge on any atom is 0.339 e. The second kappa shape index (κ2) is 7.53. The number of hydrogen-bond acceptors (Lipinski definition) is 5. The van der Waals surface area contributed by atoms with Gasteiger partial charge in [-0.05, 0) is 58.0 Å². The molecule has 1 heterocycles. The Bertz CT molecular complexity index is 953. The van der Waals surface area contributed by atoms with Crippen LogP contribution in [-0.4, -0.2) is 30.9 Å². The van der Waals surface area contributed by atoms with Crippen molar-refractivity contribution < 1.29 is 27.5 Å². The Hall–Kier alpha value is -2.65. The molecule has 3 N–H and O–H groups in total. The van der Waals surface area contributed by atoms with Crippen LogP contribution in [0.4, 0.5) is 0 Å². The maximum atomic E-state index is 12.3. The molecule has 1 amide bonds. The smallest absolute Gasteiger partial charge is 0.339 e. The van der Waals surface area contributed by atoms with E-state index in [1.165, 1.54) is 37.3 Å². The molecule has 8 nitrogen and oxygen atoms in total. The molecule has 0 atom stereocenters. The average Bonchev–Trinajstić information content (AvgIpc) is 2.91. The van der Waals surface area contributed by atoms with E-state index in [0.717, 1.165) is 0 Å². The van der Waals surface area contributed by atoms with Crippen molar-refractivity contribution in [3.63, 3.8) is 0 Å².